The molecule has 0 aromatic carbocycles. The molecule has 4 rings (SSSR count). The number of H-pyrrole nitrogens is 1. The first kappa shape index (κ1) is 11.8. The van der Waals surface area contributed by atoms with Crippen molar-refractivity contribution in [2.75, 3.05) is 18.0 Å². The Kier molecular flexibility index (Phi) is 2.88. The minimum atomic E-state index is 0.616. The Labute approximate surface area is 120 Å². The Hall–Kier alpha value is -1.95. The summed E-state index contributed by atoms with van der Waals surface area (Å²) in [5, 5.41) is 10.2. The average molecular weight is 285 g/mol. The molecule has 102 valence electrons. The number of nitrogens with zero attached hydrogens (tertiary/aromatic N) is 4. The van der Waals surface area contributed by atoms with Crippen molar-refractivity contribution in [3.05, 3.63) is 35.7 Å². The van der Waals surface area contributed by atoms with Gasteiger partial charge in [0.05, 0.1) is 11.6 Å². The highest BCUT2D eigenvalue weighted by Crippen LogP contribution is 2.32. The van der Waals surface area contributed by atoms with Crippen molar-refractivity contribution in [2.24, 2.45) is 0 Å². The lowest BCUT2D eigenvalue weighted by Crippen LogP contribution is -2.33. The van der Waals surface area contributed by atoms with Gasteiger partial charge >= 0.3 is 0 Å². The van der Waals surface area contributed by atoms with Gasteiger partial charge in [-0.15, -0.1) is 11.3 Å². The molecule has 4 heterocycles. The third-order valence-corrected chi connectivity index (χ3v) is 4.85. The molecule has 0 aliphatic carbocycles. The molecule has 1 aliphatic rings. The number of aromatic nitrogens is 4. The van der Waals surface area contributed by atoms with Gasteiger partial charge in [0.15, 0.2) is 0 Å². The van der Waals surface area contributed by atoms with E-state index in [0.717, 1.165) is 36.6 Å². The van der Waals surface area contributed by atoms with Gasteiger partial charge in [-0.05, 0) is 35.8 Å². The molecule has 1 aliphatic heterocycles. The van der Waals surface area contributed by atoms with Crippen molar-refractivity contribution < 1.29 is 0 Å². The molecule has 20 heavy (non-hydrogen) atoms. The summed E-state index contributed by atoms with van der Waals surface area (Å²) in [6, 6.07) is 2.12. The summed E-state index contributed by atoms with van der Waals surface area (Å²) in [5.41, 5.74) is 1.33. The SMILES string of the molecule is c1nc(N2CCC(c3cn[nH]c3)CC2)c2ccsc2n1. The Morgan fingerprint density at radius 3 is 2.95 bits per heavy atom. The number of thiophene rings is 1. The second-order valence-corrected chi connectivity index (χ2v) is 6.02. The Bertz CT molecular complexity index is 697. The average Bonchev–Trinajstić information content (AvgIpc) is 3.18. The van der Waals surface area contributed by atoms with Crippen LogP contribution in [0, 0.1) is 0 Å². The number of nitrogens with one attached hydrogen (secondary N) is 1. The van der Waals surface area contributed by atoms with Gasteiger partial charge in [-0.2, -0.15) is 5.10 Å². The molecule has 1 fully saturated rings. The van der Waals surface area contributed by atoms with Crippen LogP contribution in [0.1, 0.15) is 24.3 Å². The van der Waals surface area contributed by atoms with Crippen LogP contribution in [0.25, 0.3) is 10.2 Å². The van der Waals surface area contributed by atoms with Crippen molar-refractivity contribution in [1.29, 1.82) is 0 Å². The van der Waals surface area contributed by atoms with E-state index in [1.165, 1.54) is 10.9 Å². The zero-order valence-electron chi connectivity index (χ0n) is 11.0. The van der Waals surface area contributed by atoms with Crippen LogP contribution >= 0.6 is 11.3 Å². The van der Waals surface area contributed by atoms with Gasteiger partial charge in [0.25, 0.3) is 0 Å². The smallest absolute Gasteiger partial charge is 0.140 e. The van der Waals surface area contributed by atoms with Crippen molar-refractivity contribution in [2.45, 2.75) is 18.8 Å². The Balaban J connectivity index is 1.56. The molecular formula is C14H15N5S. The van der Waals surface area contributed by atoms with E-state index in [-0.39, 0.29) is 0 Å². The van der Waals surface area contributed by atoms with E-state index in [9.17, 15) is 0 Å². The molecule has 0 spiro atoms. The molecule has 0 amide bonds. The lowest BCUT2D eigenvalue weighted by atomic mass is 9.91. The lowest BCUT2D eigenvalue weighted by molar-refractivity contribution is 0.503. The van der Waals surface area contributed by atoms with Gasteiger partial charge in [0.2, 0.25) is 0 Å². The van der Waals surface area contributed by atoms with Crippen LogP contribution in [0.15, 0.2) is 30.2 Å². The second kappa shape index (κ2) is 4.86. The van der Waals surface area contributed by atoms with E-state index < -0.39 is 0 Å². The van der Waals surface area contributed by atoms with E-state index in [4.69, 9.17) is 0 Å². The van der Waals surface area contributed by atoms with Crippen LogP contribution in [0.5, 0.6) is 0 Å². The summed E-state index contributed by atoms with van der Waals surface area (Å²) in [5.74, 6) is 1.70. The minimum Gasteiger partial charge on any atom is -0.356 e. The summed E-state index contributed by atoms with van der Waals surface area (Å²) >= 11 is 1.67. The van der Waals surface area contributed by atoms with Gasteiger partial charge < -0.3 is 4.90 Å². The fourth-order valence-electron chi connectivity index (χ4n) is 2.94. The maximum atomic E-state index is 4.49. The Morgan fingerprint density at radius 1 is 1.25 bits per heavy atom. The first-order valence-corrected chi connectivity index (χ1v) is 7.71. The topological polar surface area (TPSA) is 57.7 Å². The van der Waals surface area contributed by atoms with Crippen molar-refractivity contribution >= 4 is 27.4 Å². The van der Waals surface area contributed by atoms with Crippen LogP contribution in [0.2, 0.25) is 0 Å². The number of piperidine rings is 1. The number of rotatable bonds is 2. The number of anilines is 1. The van der Waals surface area contributed by atoms with Gasteiger partial charge in [-0.25, -0.2) is 9.97 Å². The third kappa shape index (κ3) is 1.96. The molecule has 6 heteroatoms. The lowest BCUT2D eigenvalue weighted by Gasteiger charge is -2.32. The standard InChI is InChI=1S/C14H15N5S/c1-4-19(5-2-10(1)11-7-17-18-8-11)13-12-3-6-20-14(12)16-9-15-13/h3,6-10H,1-2,4-5H2,(H,17,18). The summed E-state index contributed by atoms with van der Waals surface area (Å²) < 4.78 is 0. The maximum Gasteiger partial charge on any atom is 0.140 e. The van der Waals surface area contributed by atoms with E-state index in [1.807, 2.05) is 12.4 Å². The first-order chi connectivity index (χ1) is 9.92. The minimum absolute atomic E-state index is 0.616. The third-order valence-electron chi connectivity index (χ3n) is 4.03. The summed E-state index contributed by atoms with van der Waals surface area (Å²) in [6.45, 7) is 2.08. The number of aromatic amines is 1. The fourth-order valence-corrected chi connectivity index (χ4v) is 3.67. The largest absolute Gasteiger partial charge is 0.356 e. The van der Waals surface area contributed by atoms with Gasteiger partial charge in [-0.1, -0.05) is 0 Å². The first-order valence-electron chi connectivity index (χ1n) is 6.83. The van der Waals surface area contributed by atoms with E-state index in [1.54, 1.807) is 17.7 Å². The van der Waals surface area contributed by atoms with Crippen molar-refractivity contribution in [1.82, 2.24) is 20.2 Å². The zero-order chi connectivity index (χ0) is 13.4. The molecule has 0 radical (unpaired) electrons. The quantitative estimate of drug-likeness (QED) is 0.786. The predicted octanol–water partition coefficient (Wildman–Crippen LogP) is 2.80. The predicted molar refractivity (Wildman–Crippen MR) is 80.2 cm³/mol. The molecular weight excluding hydrogens is 270 g/mol. The van der Waals surface area contributed by atoms with Crippen molar-refractivity contribution in [3.63, 3.8) is 0 Å². The van der Waals surface area contributed by atoms with Crippen LogP contribution < -0.4 is 4.90 Å². The molecule has 0 bridgehead atoms. The van der Waals surface area contributed by atoms with Crippen molar-refractivity contribution in [3.8, 4) is 0 Å². The number of fused-ring (bicyclic) bond motifs is 1. The van der Waals surface area contributed by atoms with E-state index in [0.29, 0.717) is 5.92 Å². The second-order valence-electron chi connectivity index (χ2n) is 5.13. The maximum absolute atomic E-state index is 4.49. The fraction of sp³-hybridized carbons (Fsp3) is 0.357. The molecule has 5 nitrogen and oxygen atoms in total. The van der Waals surface area contributed by atoms with E-state index in [2.05, 4.69) is 36.5 Å². The van der Waals surface area contributed by atoms with Crippen LogP contribution in [0.3, 0.4) is 0 Å². The molecule has 0 unspecified atom stereocenters. The van der Waals surface area contributed by atoms with E-state index >= 15 is 0 Å². The summed E-state index contributed by atoms with van der Waals surface area (Å²) in [6.07, 6.45) is 7.94. The highest BCUT2D eigenvalue weighted by molar-refractivity contribution is 7.16. The molecule has 1 N–H and O–H groups in total. The highest BCUT2D eigenvalue weighted by atomic mass is 32.1. The van der Waals surface area contributed by atoms with Crippen LogP contribution in [-0.2, 0) is 0 Å². The zero-order valence-corrected chi connectivity index (χ0v) is 11.8. The van der Waals surface area contributed by atoms with Gasteiger partial charge in [0, 0.05) is 19.3 Å². The number of hydrogen-bond acceptors (Lipinski definition) is 5. The van der Waals surface area contributed by atoms with Crippen LogP contribution in [0.4, 0.5) is 5.82 Å². The number of hydrogen-bond donors (Lipinski definition) is 1. The molecule has 3 aromatic rings. The molecule has 0 atom stereocenters. The Morgan fingerprint density at radius 2 is 2.15 bits per heavy atom. The van der Waals surface area contributed by atoms with Gasteiger partial charge in [0.1, 0.15) is 17.0 Å². The summed E-state index contributed by atoms with van der Waals surface area (Å²) in [7, 11) is 0. The highest BCUT2D eigenvalue weighted by Gasteiger charge is 2.23. The molecule has 3 aromatic heterocycles. The van der Waals surface area contributed by atoms with Crippen LogP contribution in [-0.4, -0.2) is 33.3 Å². The van der Waals surface area contributed by atoms with Gasteiger partial charge in [-0.3, -0.25) is 5.10 Å². The molecule has 1 saturated heterocycles. The summed E-state index contributed by atoms with van der Waals surface area (Å²) in [4.78, 5) is 12.3. The normalized spacial score (nSPS) is 16.9. The molecule has 0 saturated carbocycles. The monoisotopic (exact) mass is 285 g/mol.